The molecule has 3 atom stereocenters. The fourth-order valence-corrected chi connectivity index (χ4v) is 4.86. The number of carbonyl (C=O) groups is 6. The highest BCUT2D eigenvalue weighted by atomic mass is 19.1. The van der Waals surface area contributed by atoms with E-state index in [0.717, 1.165) is 17.7 Å². The Morgan fingerprint density at radius 3 is 1.78 bits per heavy atom. The number of nitrogens with two attached hydrogens (primary N) is 1. The SMILES string of the molecule is CC(C)CN[C@@H](C)C(=O)NC(=O)CN(C(=O)CC(C)C)c1ccccc1.C[C@H](NC(=O)Cc1cc(F)cc(F)c1)C(=O)NC(=O)[C@@H](N)Cc1ccccc1. The fourth-order valence-electron chi connectivity index (χ4n) is 4.86. The quantitative estimate of drug-likeness (QED) is 0.148. The minimum Gasteiger partial charge on any atom is -0.344 e. The lowest BCUT2D eigenvalue weighted by molar-refractivity contribution is -0.134. The predicted octanol–water partition coefficient (Wildman–Crippen LogP) is 3.57. The van der Waals surface area contributed by atoms with Crippen molar-refractivity contribution in [2.24, 2.45) is 17.6 Å². The first-order valence-electron chi connectivity index (χ1n) is 17.8. The van der Waals surface area contributed by atoms with Gasteiger partial charge in [0, 0.05) is 18.2 Å². The van der Waals surface area contributed by atoms with Crippen LogP contribution in [0.1, 0.15) is 59.1 Å². The zero-order valence-corrected chi connectivity index (χ0v) is 31.7. The van der Waals surface area contributed by atoms with Crippen LogP contribution in [0.2, 0.25) is 0 Å². The summed E-state index contributed by atoms with van der Waals surface area (Å²) in [7, 11) is 0. The fraction of sp³-hybridized carbons (Fsp3) is 0.400. The van der Waals surface area contributed by atoms with E-state index in [2.05, 4.69) is 21.3 Å². The highest BCUT2D eigenvalue weighted by Crippen LogP contribution is 2.16. The van der Waals surface area contributed by atoms with Crippen molar-refractivity contribution in [3.63, 3.8) is 0 Å². The molecule has 0 aromatic heterocycles. The number of nitrogens with zero attached hydrogens (tertiary/aromatic N) is 1. The van der Waals surface area contributed by atoms with Crippen molar-refractivity contribution in [1.82, 2.24) is 21.3 Å². The topological polar surface area (TPSA) is 180 Å². The monoisotopic (exact) mass is 750 g/mol. The van der Waals surface area contributed by atoms with Gasteiger partial charge in [-0.05, 0) is 74.0 Å². The average molecular weight is 751 g/mol. The third-order valence-electron chi connectivity index (χ3n) is 7.68. The number of para-hydroxylation sites is 1. The smallest absolute Gasteiger partial charge is 0.248 e. The zero-order chi connectivity index (χ0) is 40.4. The minimum absolute atomic E-state index is 0.128. The lowest BCUT2D eigenvalue weighted by Gasteiger charge is -2.23. The maximum atomic E-state index is 13.2. The number of benzene rings is 3. The van der Waals surface area contributed by atoms with Crippen LogP contribution in [0.5, 0.6) is 0 Å². The summed E-state index contributed by atoms with van der Waals surface area (Å²) in [5.41, 5.74) is 7.43. The van der Waals surface area contributed by atoms with Crippen molar-refractivity contribution in [1.29, 1.82) is 0 Å². The number of halogens is 2. The summed E-state index contributed by atoms with van der Waals surface area (Å²) < 4.78 is 26.3. The Morgan fingerprint density at radius 1 is 0.667 bits per heavy atom. The van der Waals surface area contributed by atoms with E-state index in [1.165, 1.54) is 11.8 Å². The first kappa shape index (κ1) is 44.8. The zero-order valence-electron chi connectivity index (χ0n) is 31.7. The van der Waals surface area contributed by atoms with Gasteiger partial charge in [0.05, 0.1) is 18.5 Å². The lowest BCUT2D eigenvalue weighted by Crippen LogP contribution is -2.51. The van der Waals surface area contributed by atoms with Crippen molar-refractivity contribution >= 4 is 41.1 Å². The van der Waals surface area contributed by atoms with E-state index in [1.54, 1.807) is 19.1 Å². The van der Waals surface area contributed by atoms with Crippen LogP contribution in [0.4, 0.5) is 14.5 Å². The molecule has 12 nitrogen and oxygen atoms in total. The Morgan fingerprint density at radius 2 is 1.22 bits per heavy atom. The molecule has 0 aliphatic rings. The van der Waals surface area contributed by atoms with Crippen molar-refractivity contribution in [3.05, 3.63) is 102 Å². The van der Waals surface area contributed by atoms with Crippen LogP contribution in [-0.4, -0.2) is 66.7 Å². The molecule has 6 amide bonds. The molecular formula is C40H52F2N6O6. The standard InChI is InChI=1S/C20H21F2N3O3.C20H31N3O3/c1-12(24-18(26)10-14-7-15(21)11-16(22)8-14)19(27)25-20(28)17(23)9-13-5-3-2-4-6-13;1-14(2)11-19(25)23(17-9-7-6-8-10-17)13-18(24)22-20(26)16(5)21-12-15(3)4/h2-8,11-12,17H,9-10,23H2,1H3,(H,24,26)(H,25,27,28);6-10,14-16,21H,11-13H2,1-5H3,(H,22,24,26)/t12-,17-;16-/m00/s1. The van der Waals surface area contributed by atoms with Crippen LogP contribution in [0.15, 0.2) is 78.9 Å². The molecule has 3 rings (SSSR count). The Hall–Kier alpha value is -5.34. The summed E-state index contributed by atoms with van der Waals surface area (Å²) in [5, 5.41) is 9.98. The highest BCUT2D eigenvalue weighted by Gasteiger charge is 2.24. The molecule has 54 heavy (non-hydrogen) atoms. The van der Waals surface area contributed by atoms with Gasteiger partial charge in [0.1, 0.15) is 24.2 Å². The second-order valence-corrected chi connectivity index (χ2v) is 13.7. The highest BCUT2D eigenvalue weighted by molar-refractivity contribution is 6.04. The molecule has 0 aliphatic heterocycles. The molecule has 0 radical (unpaired) electrons. The van der Waals surface area contributed by atoms with Crippen LogP contribution in [-0.2, 0) is 41.6 Å². The summed E-state index contributed by atoms with van der Waals surface area (Å²) in [4.78, 5) is 74.5. The summed E-state index contributed by atoms with van der Waals surface area (Å²) >= 11 is 0. The molecule has 0 fully saturated rings. The van der Waals surface area contributed by atoms with Gasteiger partial charge in [0.15, 0.2) is 0 Å². The van der Waals surface area contributed by atoms with Crippen LogP contribution in [0, 0.1) is 23.5 Å². The van der Waals surface area contributed by atoms with Crippen LogP contribution in [0.25, 0.3) is 0 Å². The number of rotatable bonds is 16. The van der Waals surface area contributed by atoms with Gasteiger partial charge in [0.25, 0.3) is 0 Å². The maximum absolute atomic E-state index is 13.2. The van der Waals surface area contributed by atoms with Gasteiger partial charge >= 0.3 is 0 Å². The van der Waals surface area contributed by atoms with Gasteiger partial charge in [-0.25, -0.2) is 8.78 Å². The van der Waals surface area contributed by atoms with E-state index >= 15 is 0 Å². The van der Waals surface area contributed by atoms with Crippen LogP contribution < -0.4 is 31.9 Å². The molecule has 0 saturated heterocycles. The minimum atomic E-state index is -1.03. The van der Waals surface area contributed by atoms with Crippen molar-refractivity contribution in [3.8, 4) is 0 Å². The number of nitrogens with one attached hydrogen (secondary N) is 4. The van der Waals surface area contributed by atoms with E-state index in [4.69, 9.17) is 5.73 Å². The lowest BCUT2D eigenvalue weighted by atomic mass is 10.1. The molecule has 0 heterocycles. The van der Waals surface area contributed by atoms with Gasteiger partial charge < -0.3 is 21.3 Å². The molecule has 0 bridgehead atoms. The van der Waals surface area contributed by atoms with Gasteiger partial charge in [-0.15, -0.1) is 0 Å². The number of amides is 6. The third kappa shape index (κ3) is 17.0. The average Bonchev–Trinajstić information content (AvgIpc) is 3.09. The first-order valence-corrected chi connectivity index (χ1v) is 17.8. The molecule has 6 N–H and O–H groups in total. The molecule has 0 saturated carbocycles. The van der Waals surface area contributed by atoms with Crippen molar-refractivity contribution < 1.29 is 37.5 Å². The van der Waals surface area contributed by atoms with Crippen LogP contribution in [0.3, 0.4) is 0 Å². The van der Waals surface area contributed by atoms with E-state index in [0.29, 0.717) is 30.6 Å². The maximum Gasteiger partial charge on any atom is 0.248 e. The van der Waals surface area contributed by atoms with Crippen molar-refractivity contribution in [2.75, 3.05) is 18.0 Å². The molecule has 0 unspecified atom stereocenters. The molecule has 3 aromatic carbocycles. The Balaban J connectivity index is 0.000000375. The Bertz CT molecular complexity index is 1690. The van der Waals surface area contributed by atoms with Gasteiger partial charge in [-0.1, -0.05) is 76.2 Å². The van der Waals surface area contributed by atoms with Gasteiger partial charge in [0.2, 0.25) is 35.4 Å². The number of carbonyl (C=O) groups excluding carboxylic acids is 6. The summed E-state index contributed by atoms with van der Waals surface area (Å²) in [6, 6.07) is 18.4. The number of anilines is 1. The number of hydrogen-bond donors (Lipinski definition) is 5. The van der Waals surface area contributed by atoms with E-state index in [1.807, 2.05) is 76.2 Å². The molecular weight excluding hydrogens is 698 g/mol. The molecule has 0 aliphatic carbocycles. The molecule has 292 valence electrons. The Kier molecular flexibility index (Phi) is 18.8. The third-order valence-corrected chi connectivity index (χ3v) is 7.68. The summed E-state index contributed by atoms with van der Waals surface area (Å²) in [6.07, 6.45) is 0.280. The second-order valence-electron chi connectivity index (χ2n) is 13.7. The van der Waals surface area contributed by atoms with Crippen molar-refractivity contribution in [2.45, 2.75) is 78.9 Å². The molecule has 0 spiro atoms. The Labute approximate surface area is 315 Å². The first-order chi connectivity index (χ1) is 25.4. The molecule has 14 heteroatoms. The van der Waals surface area contributed by atoms with Gasteiger partial charge in [-0.3, -0.25) is 39.4 Å². The molecule has 3 aromatic rings. The van der Waals surface area contributed by atoms with E-state index in [-0.39, 0.29) is 42.7 Å². The van der Waals surface area contributed by atoms with E-state index in [9.17, 15) is 37.5 Å². The number of imide groups is 2. The number of hydrogen-bond acceptors (Lipinski definition) is 8. The largest absolute Gasteiger partial charge is 0.344 e. The predicted molar refractivity (Wildman–Crippen MR) is 203 cm³/mol. The second kappa shape index (κ2) is 22.7. The summed E-state index contributed by atoms with van der Waals surface area (Å²) in [5.74, 6) is -4.04. The van der Waals surface area contributed by atoms with Gasteiger partial charge in [-0.2, -0.15) is 0 Å². The summed E-state index contributed by atoms with van der Waals surface area (Å²) in [6.45, 7) is 11.6. The normalized spacial score (nSPS) is 12.4. The van der Waals surface area contributed by atoms with E-state index < -0.39 is 53.4 Å². The van der Waals surface area contributed by atoms with Crippen LogP contribution >= 0.6 is 0 Å².